The third-order valence-electron chi connectivity index (χ3n) is 4.77. The molecule has 0 saturated heterocycles. The Hall–Kier alpha value is -1.32. The van der Waals surface area contributed by atoms with Gasteiger partial charge in [0.05, 0.1) is 6.33 Å². The quantitative estimate of drug-likeness (QED) is 0.875. The molecule has 0 bridgehead atoms. The Morgan fingerprint density at radius 1 is 1.42 bits per heavy atom. The molecule has 1 aromatic heterocycles. The van der Waals surface area contributed by atoms with Gasteiger partial charge >= 0.3 is 0 Å². The van der Waals surface area contributed by atoms with Gasteiger partial charge in [0.2, 0.25) is 5.91 Å². The average molecular weight is 261 g/mol. The molecule has 1 unspecified atom stereocenters. The van der Waals surface area contributed by atoms with Gasteiger partial charge < -0.3 is 10.3 Å². The van der Waals surface area contributed by atoms with Crippen molar-refractivity contribution in [2.24, 2.45) is 11.8 Å². The fraction of sp³-hybridized carbons (Fsp3) is 0.733. The highest BCUT2D eigenvalue weighted by atomic mass is 16.2. The van der Waals surface area contributed by atoms with Crippen molar-refractivity contribution in [3.8, 4) is 0 Å². The zero-order chi connectivity index (χ0) is 13.2. The van der Waals surface area contributed by atoms with Crippen LogP contribution in [0, 0.1) is 11.8 Å². The molecule has 1 amide bonds. The first kappa shape index (κ1) is 12.7. The van der Waals surface area contributed by atoms with Crippen molar-refractivity contribution in [3.05, 3.63) is 18.2 Å². The first-order valence-electron chi connectivity index (χ1n) is 7.54. The molecule has 4 heteroatoms. The van der Waals surface area contributed by atoms with Crippen LogP contribution in [0.1, 0.15) is 57.1 Å². The van der Waals surface area contributed by atoms with E-state index in [0.717, 1.165) is 12.1 Å². The second-order valence-electron chi connectivity index (χ2n) is 6.15. The number of carbonyl (C=O) groups excluding carboxylic acids is 1. The lowest BCUT2D eigenvalue weighted by atomic mass is 9.84. The SMILES string of the molecule is C[C@H](NC(=O)C1C[C@@H]1c1cnc[nH]1)C1CCCCC1. The predicted molar refractivity (Wildman–Crippen MR) is 73.6 cm³/mol. The summed E-state index contributed by atoms with van der Waals surface area (Å²) >= 11 is 0. The summed E-state index contributed by atoms with van der Waals surface area (Å²) in [4.78, 5) is 19.4. The van der Waals surface area contributed by atoms with Crippen LogP contribution in [0.15, 0.2) is 12.5 Å². The van der Waals surface area contributed by atoms with E-state index in [1.54, 1.807) is 6.33 Å². The van der Waals surface area contributed by atoms with Crippen LogP contribution in [0.25, 0.3) is 0 Å². The van der Waals surface area contributed by atoms with Gasteiger partial charge in [-0.3, -0.25) is 4.79 Å². The maximum atomic E-state index is 12.2. The number of hydrogen-bond acceptors (Lipinski definition) is 2. The minimum absolute atomic E-state index is 0.159. The van der Waals surface area contributed by atoms with Crippen molar-refractivity contribution < 1.29 is 4.79 Å². The molecule has 2 N–H and O–H groups in total. The summed E-state index contributed by atoms with van der Waals surface area (Å²) in [6.07, 6.45) is 11.0. The molecule has 4 nitrogen and oxygen atoms in total. The van der Waals surface area contributed by atoms with Crippen LogP contribution in [0.5, 0.6) is 0 Å². The predicted octanol–water partition coefficient (Wildman–Crippen LogP) is 2.60. The highest BCUT2D eigenvalue weighted by Crippen LogP contribution is 2.46. The number of carbonyl (C=O) groups is 1. The van der Waals surface area contributed by atoms with Gasteiger partial charge in [-0.15, -0.1) is 0 Å². The lowest BCUT2D eigenvalue weighted by Crippen LogP contribution is -2.39. The Labute approximate surface area is 114 Å². The van der Waals surface area contributed by atoms with Crippen molar-refractivity contribution in [2.75, 3.05) is 0 Å². The number of aromatic amines is 1. The molecule has 0 aromatic carbocycles. The summed E-state index contributed by atoms with van der Waals surface area (Å²) in [6.45, 7) is 2.17. The summed E-state index contributed by atoms with van der Waals surface area (Å²) in [7, 11) is 0. The maximum absolute atomic E-state index is 12.2. The molecule has 2 saturated carbocycles. The minimum atomic E-state index is 0.159. The average Bonchev–Trinajstić information content (AvgIpc) is 3.06. The van der Waals surface area contributed by atoms with Crippen LogP contribution in [-0.4, -0.2) is 21.9 Å². The molecule has 0 aliphatic heterocycles. The molecular weight excluding hydrogens is 238 g/mol. The van der Waals surface area contributed by atoms with E-state index in [0.29, 0.717) is 17.9 Å². The van der Waals surface area contributed by atoms with Gasteiger partial charge in [0.1, 0.15) is 0 Å². The van der Waals surface area contributed by atoms with Gasteiger partial charge in [-0.25, -0.2) is 4.98 Å². The molecule has 0 radical (unpaired) electrons. The fourth-order valence-corrected chi connectivity index (χ4v) is 3.38. The van der Waals surface area contributed by atoms with Crippen molar-refractivity contribution in [1.29, 1.82) is 0 Å². The van der Waals surface area contributed by atoms with E-state index in [-0.39, 0.29) is 11.8 Å². The van der Waals surface area contributed by atoms with Crippen LogP contribution in [-0.2, 0) is 4.79 Å². The second-order valence-corrected chi connectivity index (χ2v) is 6.15. The largest absolute Gasteiger partial charge is 0.353 e. The Balaban J connectivity index is 1.49. The normalized spacial score (nSPS) is 28.9. The summed E-state index contributed by atoms with van der Waals surface area (Å²) in [5.74, 6) is 1.44. The van der Waals surface area contributed by atoms with Gasteiger partial charge in [-0.2, -0.15) is 0 Å². The molecule has 3 rings (SSSR count). The topological polar surface area (TPSA) is 57.8 Å². The summed E-state index contributed by atoms with van der Waals surface area (Å²) in [5.41, 5.74) is 1.10. The van der Waals surface area contributed by atoms with Crippen molar-refractivity contribution in [3.63, 3.8) is 0 Å². The molecule has 19 heavy (non-hydrogen) atoms. The smallest absolute Gasteiger partial charge is 0.224 e. The van der Waals surface area contributed by atoms with E-state index in [1.165, 1.54) is 32.1 Å². The van der Waals surface area contributed by atoms with E-state index in [1.807, 2.05) is 6.20 Å². The zero-order valence-electron chi connectivity index (χ0n) is 11.6. The highest BCUT2D eigenvalue weighted by Gasteiger charge is 2.45. The number of amides is 1. The number of aromatic nitrogens is 2. The molecule has 2 fully saturated rings. The van der Waals surface area contributed by atoms with E-state index >= 15 is 0 Å². The zero-order valence-corrected chi connectivity index (χ0v) is 11.6. The molecule has 1 heterocycles. The van der Waals surface area contributed by atoms with Gasteiger partial charge in [0.25, 0.3) is 0 Å². The summed E-state index contributed by atoms with van der Waals surface area (Å²) in [5, 5.41) is 3.23. The summed E-state index contributed by atoms with van der Waals surface area (Å²) < 4.78 is 0. The summed E-state index contributed by atoms with van der Waals surface area (Å²) in [6, 6.07) is 0.329. The molecule has 104 valence electrons. The van der Waals surface area contributed by atoms with Gasteiger partial charge in [-0.05, 0) is 32.1 Å². The standard InChI is InChI=1S/C15H23N3O/c1-10(11-5-3-2-4-6-11)18-15(19)13-7-12(13)14-8-16-9-17-14/h8-13H,2-7H2,1H3,(H,16,17)(H,18,19)/t10-,12-,13?/m0/s1. The van der Waals surface area contributed by atoms with Gasteiger partial charge in [-0.1, -0.05) is 19.3 Å². The number of hydrogen-bond donors (Lipinski definition) is 2. The van der Waals surface area contributed by atoms with Crippen LogP contribution in [0.4, 0.5) is 0 Å². The molecule has 0 spiro atoms. The van der Waals surface area contributed by atoms with Crippen molar-refractivity contribution in [1.82, 2.24) is 15.3 Å². The van der Waals surface area contributed by atoms with E-state index < -0.39 is 0 Å². The van der Waals surface area contributed by atoms with Crippen LogP contribution < -0.4 is 5.32 Å². The van der Waals surface area contributed by atoms with Crippen LogP contribution in [0.3, 0.4) is 0 Å². The lowest BCUT2D eigenvalue weighted by molar-refractivity contribution is -0.123. The van der Waals surface area contributed by atoms with E-state index in [4.69, 9.17) is 0 Å². The van der Waals surface area contributed by atoms with Gasteiger partial charge in [0, 0.05) is 29.8 Å². The van der Waals surface area contributed by atoms with Crippen molar-refractivity contribution >= 4 is 5.91 Å². The number of rotatable bonds is 4. The molecule has 2 aliphatic carbocycles. The lowest BCUT2D eigenvalue weighted by Gasteiger charge is -2.28. The Morgan fingerprint density at radius 3 is 2.89 bits per heavy atom. The number of imidazole rings is 1. The second kappa shape index (κ2) is 5.35. The fourth-order valence-electron chi connectivity index (χ4n) is 3.38. The van der Waals surface area contributed by atoms with E-state index in [9.17, 15) is 4.79 Å². The first-order chi connectivity index (χ1) is 9.25. The number of nitrogens with zero attached hydrogens (tertiary/aromatic N) is 1. The van der Waals surface area contributed by atoms with Crippen LogP contribution in [0.2, 0.25) is 0 Å². The molecule has 2 aliphatic rings. The first-order valence-corrected chi connectivity index (χ1v) is 7.54. The molecule has 3 atom stereocenters. The Bertz CT molecular complexity index is 423. The molecule has 1 aromatic rings. The Morgan fingerprint density at radius 2 is 2.21 bits per heavy atom. The maximum Gasteiger partial charge on any atom is 0.224 e. The van der Waals surface area contributed by atoms with Crippen LogP contribution >= 0.6 is 0 Å². The third kappa shape index (κ3) is 2.82. The highest BCUT2D eigenvalue weighted by molar-refractivity contribution is 5.83. The minimum Gasteiger partial charge on any atom is -0.353 e. The number of H-pyrrole nitrogens is 1. The Kier molecular flexibility index (Phi) is 3.58. The number of nitrogens with one attached hydrogen (secondary N) is 2. The van der Waals surface area contributed by atoms with Gasteiger partial charge in [0.15, 0.2) is 0 Å². The van der Waals surface area contributed by atoms with E-state index in [2.05, 4.69) is 22.2 Å². The third-order valence-corrected chi connectivity index (χ3v) is 4.77. The molecular formula is C15H23N3O. The van der Waals surface area contributed by atoms with Crippen molar-refractivity contribution in [2.45, 2.75) is 57.4 Å². The monoisotopic (exact) mass is 261 g/mol.